The van der Waals surface area contributed by atoms with Crippen molar-refractivity contribution >= 4 is 34.8 Å². The highest BCUT2D eigenvalue weighted by atomic mass is 35.5. The third kappa shape index (κ3) is 3.18. The predicted octanol–water partition coefficient (Wildman–Crippen LogP) is 3.40. The van der Waals surface area contributed by atoms with Crippen molar-refractivity contribution in [1.29, 1.82) is 0 Å². The Morgan fingerprint density at radius 2 is 2.07 bits per heavy atom. The lowest BCUT2D eigenvalue weighted by Gasteiger charge is -2.36. The van der Waals surface area contributed by atoms with Gasteiger partial charge in [-0.3, -0.25) is 9.88 Å². The second-order valence-electron chi connectivity index (χ2n) is 7.13. The molecule has 5 rings (SSSR count). The summed E-state index contributed by atoms with van der Waals surface area (Å²) in [7, 11) is 0. The summed E-state index contributed by atoms with van der Waals surface area (Å²) in [4.78, 5) is 25.6. The fraction of sp³-hybridized carbons (Fsp3) is 0.190. The number of aliphatic hydroxyl groups is 1. The number of pyridine rings is 2. The zero-order valence-electron chi connectivity index (χ0n) is 15.4. The van der Waals surface area contributed by atoms with Crippen LogP contribution in [-0.2, 0) is 0 Å². The molecule has 0 radical (unpaired) electrons. The molecule has 0 spiro atoms. The van der Waals surface area contributed by atoms with E-state index in [2.05, 4.69) is 15.2 Å². The van der Waals surface area contributed by atoms with E-state index in [1.165, 1.54) is 0 Å². The molecule has 8 heteroatoms. The number of hydrogen-bond acceptors (Lipinski definition) is 5. The largest absolute Gasteiger partial charge is 0.389 e. The molecule has 2 N–H and O–H groups in total. The number of anilines is 3. The molecule has 2 aromatic heterocycles. The SMILES string of the molecule is O=C(Nc1cccnc1)N1c2nc(-c3cccc(Cl)c3)ccc2N2C[C@@H](O)[C@H]1C2. The predicted molar refractivity (Wildman–Crippen MR) is 112 cm³/mol. The third-order valence-electron chi connectivity index (χ3n) is 5.27. The number of benzene rings is 1. The van der Waals surface area contributed by atoms with E-state index in [1.807, 2.05) is 30.3 Å². The van der Waals surface area contributed by atoms with Crippen LogP contribution in [0.15, 0.2) is 60.9 Å². The van der Waals surface area contributed by atoms with E-state index in [9.17, 15) is 9.90 Å². The summed E-state index contributed by atoms with van der Waals surface area (Å²) in [5, 5.41) is 14.0. The normalized spacial score (nSPS) is 19.8. The van der Waals surface area contributed by atoms with E-state index < -0.39 is 6.10 Å². The van der Waals surface area contributed by atoms with Crippen molar-refractivity contribution in [1.82, 2.24) is 9.97 Å². The molecule has 0 unspecified atom stereocenters. The van der Waals surface area contributed by atoms with Gasteiger partial charge in [-0.2, -0.15) is 0 Å². The van der Waals surface area contributed by atoms with Gasteiger partial charge >= 0.3 is 6.03 Å². The number of nitrogens with one attached hydrogen (secondary N) is 1. The van der Waals surface area contributed by atoms with E-state index in [1.54, 1.807) is 35.5 Å². The van der Waals surface area contributed by atoms with Crippen LogP contribution in [0.1, 0.15) is 0 Å². The van der Waals surface area contributed by atoms with Gasteiger partial charge < -0.3 is 15.3 Å². The van der Waals surface area contributed by atoms with Gasteiger partial charge in [0, 0.05) is 29.9 Å². The van der Waals surface area contributed by atoms with Crippen molar-refractivity contribution in [2.75, 3.05) is 28.2 Å². The van der Waals surface area contributed by atoms with Gasteiger partial charge in [0.1, 0.15) is 0 Å². The molecule has 2 amide bonds. The number of halogens is 1. The second kappa shape index (κ2) is 7.02. The van der Waals surface area contributed by atoms with Gasteiger partial charge in [-0.05, 0) is 36.4 Å². The van der Waals surface area contributed by atoms with Gasteiger partial charge in [0.15, 0.2) is 5.82 Å². The monoisotopic (exact) mass is 407 g/mol. The van der Waals surface area contributed by atoms with Crippen LogP contribution in [0.5, 0.6) is 0 Å². The Balaban J connectivity index is 1.57. The number of nitrogens with zero attached hydrogens (tertiary/aromatic N) is 4. The average Bonchev–Trinajstić information content (AvgIpc) is 3.05. The van der Waals surface area contributed by atoms with E-state index in [-0.39, 0.29) is 12.1 Å². The van der Waals surface area contributed by atoms with Crippen molar-refractivity contribution < 1.29 is 9.90 Å². The zero-order chi connectivity index (χ0) is 20.0. The molecule has 146 valence electrons. The molecule has 2 aliphatic rings. The number of aromatic nitrogens is 2. The van der Waals surface area contributed by atoms with Crippen LogP contribution in [0.4, 0.5) is 22.0 Å². The fourth-order valence-corrected chi connectivity index (χ4v) is 4.11. The first kappa shape index (κ1) is 17.9. The Labute approximate surface area is 172 Å². The minimum Gasteiger partial charge on any atom is -0.389 e. The lowest BCUT2D eigenvalue weighted by molar-refractivity contribution is 0.176. The quantitative estimate of drug-likeness (QED) is 0.680. The minimum atomic E-state index is -0.654. The molecule has 29 heavy (non-hydrogen) atoms. The van der Waals surface area contributed by atoms with Gasteiger partial charge in [0.05, 0.1) is 35.4 Å². The molecule has 4 heterocycles. The third-order valence-corrected chi connectivity index (χ3v) is 5.50. The summed E-state index contributed by atoms with van der Waals surface area (Å²) in [5.41, 5.74) is 2.98. The first-order valence-electron chi connectivity index (χ1n) is 9.30. The van der Waals surface area contributed by atoms with E-state index in [0.29, 0.717) is 35.3 Å². The van der Waals surface area contributed by atoms with Gasteiger partial charge in [-0.1, -0.05) is 23.7 Å². The minimum absolute atomic E-state index is 0.347. The molecule has 7 nitrogen and oxygen atoms in total. The first-order valence-corrected chi connectivity index (χ1v) is 9.68. The summed E-state index contributed by atoms with van der Waals surface area (Å²) < 4.78 is 0. The van der Waals surface area contributed by atoms with Crippen molar-refractivity contribution in [2.24, 2.45) is 0 Å². The maximum atomic E-state index is 13.2. The number of carbonyl (C=O) groups excluding carboxylic acids is 1. The van der Waals surface area contributed by atoms with Gasteiger partial charge in [-0.25, -0.2) is 9.78 Å². The molecule has 1 aromatic carbocycles. The molecule has 2 aliphatic heterocycles. The number of carbonyl (C=O) groups is 1. The summed E-state index contributed by atoms with van der Waals surface area (Å²) in [6.45, 7) is 1.03. The number of fused-ring (bicyclic) bond motifs is 4. The number of aliphatic hydroxyl groups excluding tert-OH is 1. The second-order valence-corrected chi connectivity index (χ2v) is 7.57. The van der Waals surface area contributed by atoms with Crippen LogP contribution >= 0.6 is 11.6 Å². The van der Waals surface area contributed by atoms with Crippen molar-refractivity contribution in [3.8, 4) is 11.3 Å². The van der Waals surface area contributed by atoms with Gasteiger partial charge in [0.2, 0.25) is 0 Å². The standard InChI is InChI=1S/C21H18ClN5O2/c22-14-4-1-3-13(9-14)16-6-7-17-20(25-16)27(18-11-26(17)12-19(18)28)21(29)24-15-5-2-8-23-10-15/h1-10,18-19,28H,11-12H2,(H,24,29)/t18-,19-/m1/s1. The van der Waals surface area contributed by atoms with Crippen LogP contribution < -0.4 is 15.1 Å². The smallest absolute Gasteiger partial charge is 0.328 e. The molecule has 0 saturated carbocycles. The van der Waals surface area contributed by atoms with Gasteiger partial charge in [0.25, 0.3) is 0 Å². The summed E-state index contributed by atoms with van der Waals surface area (Å²) >= 11 is 6.13. The Bertz CT molecular complexity index is 1080. The maximum absolute atomic E-state index is 13.2. The summed E-state index contributed by atoms with van der Waals surface area (Å²) in [6.07, 6.45) is 2.57. The molecular formula is C21H18ClN5O2. The van der Waals surface area contributed by atoms with E-state index >= 15 is 0 Å². The summed E-state index contributed by atoms with van der Waals surface area (Å²) in [6, 6.07) is 14.1. The first-order chi connectivity index (χ1) is 14.1. The van der Waals surface area contributed by atoms with Crippen LogP contribution in [0, 0.1) is 0 Å². The lowest BCUT2D eigenvalue weighted by atomic mass is 10.1. The number of urea groups is 1. The highest BCUT2D eigenvalue weighted by Gasteiger charge is 2.45. The molecule has 3 aromatic rings. The van der Waals surface area contributed by atoms with Crippen LogP contribution in [0.2, 0.25) is 5.02 Å². The molecule has 0 aliphatic carbocycles. The summed E-state index contributed by atoms with van der Waals surface area (Å²) in [5.74, 6) is 0.525. The highest BCUT2D eigenvalue weighted by Crippen LogP contribution is 2.40. The van der Waals surface area contributed by atoms with Gasteiger partial charge in [-0.15, -0.1) is 0 Å². The Hall–Kier alpha value is -3.16. The van der Waals surface area contributed by atoms with Crippen molar-refractivity contribution in [2.45, 2.75) is 12.1 Å². The molecule has 2 atom stereocenters. The van der Waals surface area contributed by atoms with Crippen LogP contribution in [0.25, 0.3) is 11.3 Å². The van der Waals surface area contributed by atoms with E-state index in [0.717, 1.165) is 11.3 Å². The number of amides is 2. The fourth-order valence-electron chi connectivity index (χ4n) is 3.92. The molecule has 1 saturated heterocycles. The Morgan fingerprint density at radius 3 is 2.86 bits per heavy atom. The number of rotatable bonds is 2. The highest BCUT2D eigenvalue weighted by molar-refractivity contribution is 6.30. The van der Waals surface area contributed by atoms with Crippen LogP contribution in [-0.4, -0.2) is 46.3 Å². The topological polar surface area (TPSA) is 81.6 Å². The Kier molecular flexibility index (Phi) is 4.34. The molecule has 1 fully saturated rings. The average molecular weight is 408 g/mol. The Morgan fingerprint density at radius 1 is 1.17 bits per heavy atom. The van der Waals surface area contributed by atoms with Crippen LogP contribution in [0.3, 0.4) is 0 Å². The maximum Gasteiger partial charge on any atom is 0.328 e. The molecular weight excluding hydrogens is 390 g/mol. The number of hydrogen-bond donors (Lipinski definition) is 2. The molecule has 2 bridgehead atoms. The lowest BCUT2D eigenvalue weighted by Crippen LogP contribution is -2.51. The zero-order valence-corrected chi connectivity index (χ0v) is 16.1. The van der Waals surface area contributed by atoms with E-state index in [4.69, 9.17) is 16.6 Å². The van der Waals surface area contributed by atoms with Crippen molar-refractivity contribution in [3.05, 3.63) is 65.9 Å². The van der Waals surface area contributed by atoms with Crippen molar-refractivity contribution in [3.63, 3.8) is 0 Å².